The van der Waals surface area contributed by atoms with Gasteiger partial charge in [-0.15, -0.1) is 11.3 Å². The monoisotopic (exact) mass is 265 g/mol. The summed E-state index contributed by atoms with van der Waals surface area (Å²) in [5.41, 5.74) is 0. The highest BCUT2D eigenvalue weighted by Crippen LogP contribution is 2.21. The van der Waals surface area contributed by atoms with Crippen LogP contribution < -0.4 is 4.72 Å². The third-order valence-electron chi connectivity index (χ3n) is 1.74. The van der Waals surface area contributed by atoms with Gasteiger partial charge in [0, 0.05) is 6.04 Å². The van der Waals surface area contributed by atoms with E-state index in [0.717, 1.165) is 11.3 Å². The predicted molar refractivity (Wildman–Crippen MR) is 58.1 cm³/mol. The normalized spacial score (nSPS) is 13.6. The van der Waals surface area contributed by atoms with Gasteiger partial charge in [0.2, 0.25) is 10.0 Å². The van der Waals surface area contributed by atoms with Crippen LogP contribution in [0.2, 0.25) is 0 Å². The SMILES string of the molecule is CC(CO)NS(=O)(=O)c1ccsc1C(=O)O. The van der Waals surface area contributed by atoms with Gasteiger partial charge in [-0.1, -0.05) is 0 Å². The third-order valence-corrected chi connectivity index (χ3v) is 4.41. The second-order valence-corrected chi connectivity index (χ2v) is 5.72. The summed E-state index contributed by atoms with van der Waals surface area (Å²) >= 11 is 0.838. The summed E-state index contributed by atoms with van der Waals surface area (Å²) in [6, 6.07) is 0.562. The zero-order valence-electron chi connectivity index (χ0n) is 8.37. The average Bonchev–Trinajstić information content (AvgIpc) is 2.65. The number of carboxylic acids is 1. The lowest BCUT2D eigenvalue weighted by Gasteiger charge is -2.10. The highest BCUT2D eigenvalue weighted by molar-refractivity contribution is 7.89. The van der Waals surface area contributed by atoms with E-state index in [1.54, 1.807) is 0 Å². The first-order chi connectivity index (χ1) is 7.38. The number of thiophene rings is 1. The maximum Gasteiger partial charge on any atom is 0.347 e. The second kappa shape index (κ2) is 4.91. The Kier molecular flexibility index (Phi) is 4.03. The molecule has 6 nitrogen and oxygen atoms in total. The van der Waals surface area contributed by atoms with E-state index in [4.69, 9.17) is 10.2 Å². The van der Waals surface area contributed by atoms with Gasteiger partial charge in [-0.05, 0) is 18.4 Å². The van der Waals surface area contributed by atoms with E-state index >= 15 is 0 Å². The lowest BCUT2D eigenvalue weighted by atomic mass is 10.4. The maximum atomic E-state index is 11.7. The van der Waals surface area contributed by atoms with Gasteiger partial charge in [-0.25, -0.2) is 17.9 Å². The standard InChI is InChI=1S/C8H11NO5S2/c1-5(4-10)9-16(13,14)6-2-3-15-7(6)8(11)12/h2-3,5,9-10H,4H2,1H3,(H,11,12). The molecule has 0 saturated heterocycles. The van der Waals surface area contributed by atoms with Crippen molar-refractivity contribution < 1.29 is 23.4 Å². The van der Waals surface area contributed by atoms with Gasteiger partial charge >= 0.3 is 5.97 Å². The molecule has 1 heterocycles. The highest BCUT2D eigenvalue weighted by Gasteiger charge is 2.24. The second-order valence-electron chi connectivity index (χ2n) is 3.12. The van der Waals surface area contributed by atoms with Crippen molar-refractivity contribution in [3.05, 3.63) is 16.3 Å². The van der Waals surface area contributed by atoms with Crippen molar-refractivity contribution in [3.8, 4) is 0 Å². The largest absolute Gasteiger partial charge is 0.477 e. The van der Waals surface area contributed by atoms with Crippen LogP contribution in [0.25, 0.3) is 0 Å². The molecule has 0 radical (unpaired) electrons. The number of carboxylic acid groups (broad SMARTS) is 1. The van der Waals surface area contributed by atoms with E-state index in [0.29, 0.717) is 0 Å². The summed E-state index contributed by atoms with van der Waals surface area (Å²) in [4.78, 5) is 10.2. The van der Waals surface area contributed by atoms with Crippen LogP contribution in [0.4, 0.5) is 0 Å². The molecule has 1 unspecified atom stereocenters. The molecule has 0 amide bonds. The van der Waals surface area contributed by atoms with Gasteiger partial charge < -0.3 is 10.2 Å². The van der Waals surface area contributed by atoms with Crippen LogP contribution in [0.1, 0.15) is 16.6 Å². The number of aliphatic hydroxyl groups excluding tert-OH is 1. The minimum atomic E-state index is -3.88. The number of nitrogens with one attached hydrogen (secondary N) is 1. The summed E-state index contributed by atoms with van der Waals surface area (Å²) in [6.45, 7) is 1.12. The molecule has 0 aromatic carbocycles. The molecule has 0 bridgehead atoms. The van der Waals surface area contributed by atoms with E-state index in [-0.39, 0.29) is 16.4 Å². The van der Waals surface area contributed by atoms with E-state index in [9.17, 15) is 13.2 Å². The van der Waals surface area contributed by atoms with Crippen molar-refractivity contribution in [3.63, 3.8) is 0 Å². The number of carbonyl (C=O) groups is 1. The quantitative estimate of drug-likeness (QED) is 0.700. The molecule has 0 aliphatic rings. The molecular weight excluding hydrogens is 254 g/mol. The van der Waals surface area contributed by atoms with Crippen molar-refractivity contribution >= 4 is 27.3 Å². The average molecular weight is 265 g/mol. The van der Waals surface area contributed by atoms with Crippen LogP contribution in [0.5, 0.6) is 0 Å². The first kappa shape index (κ1) is 13.1. The first-order valence-corrected chi connectivity index (χ1v) is 6.68. The van der Waals surface area contributed by atoms with E-state index in [2.05, 4.69) is 4.72 Å². The summed E-state index contributed by atoms with van der Waals surface area (Å²) < 4.78 is 25.6. The van der Waals surface area contributed by atoms with Crippen LogP contribution in [-0.4, -0.2) is 37.2 Å². The molecule has 8 heteroatoms. The summed E-state index contributed by atoms with van der Waals surface area (Å²) in [7, 11) is -3.88. The smallest absolute Gasteiger partial charge is 0.347 e. The third kappa shape index (κ3) is 2.79. The van der Waals surface area contributed by atoms with E-state index in [1.807, 2.05) is 0 Å². The van der Waals surface area contributed by atoms with Crippen LogP contribution in [-0.2, 0) is 10.0 Å². The number of rotatable bonds is 5. The zero-order valence-corrected chi connectivity index (χ0v) is 10.0. The Morgan fingerprint density at radius 2 is 2.25 bits per heavy atom. The fourth-order valence-corrected chi connectivity index (χ4v) is 3.53. The molecule has 0 spiro atoms. The number of hydrogen-bond donors (Lipinski definition) is 3. The van der Waals surface area contributed by atoms with Gasteiger partial charge in [0.25, 0.3) is 0 Å². The van der Waals surface area contributed by atoms with Crippen molar-refractivity contribution in [2.24, 2.45) is 0 Å². The predicted octanol–water partition coefficient (Wildman–Crippen LogP) is 0.105. The summed E-state index contributed by atoms with van der Waals surface area (Å²) in [6.07, 6.45) is 0. The van der Waals surface area contributed by atoms with Crippen LogP contribution in [0, 0.1) is 0 Å². The Balaban J connectivity index is 3.08. The molecule has 1 aromatic heterocycles. The lowest BCUT2D eigenvalue weighted by molar-refractivity contribution is 0.0698. The lowest BCUT2D eigenvalue weighted by Crippen LogP contribution is -2.35. The zero-order chi connectivity index (χ0) is 12.3. The van der Waals surface area contributed by atoms with Gasteiger partial charge in [-0.3, -0.25) is 0 Å². The van der Waals surface area contributed by atoms with E-state index in [1.165, 1.54) is 18.4 Å². The topological polar surface area (TPSA) is 104 Å². The highest BCUT2D eigenvalue weighted by atomic mass is 32.2. The Morgan fingerprint density at radius 1 is 1.62 bits per heavy atom. The van der Waals surface area contributed by atoms with Crippen LogP contribution in [0.3, 0.4) is 0 Å². The summed E-state index contributed by atoms with van der Waals surface area (Å²) in [5.74, 6) is -1.29. The number of sulfonamides is 1. The van der Waals surface area contributed by atoms with Gasteiger partial charge in [-0.2, -0.15) is 0 Å². The van der Waals surface area contributed by atoms with Gasteiger partial charge in [0.05, 0.1) is 6.61 Å². The number of hydrogen-bond acceptors (Lipinski definition) is 5. The Bertz CT molecular complexity index is 478. The molecule has 0 fully saturated rings. The molecule has 1 aromatic rings. The van der Waals surface area contributed by atoms with Gasteiger partial charge in [0.1, 0.15) is 9.77 Å². The minimum Gasteiger partial charge on any atom is -0.477 e. The van der Waals surface area contributed by atoms with Gasteiger partial charge in [0.15, 0.2) is 0 Å². The maximum absolute atomic E-state index is 11.7. The molecule has 1 atom stereocenters. The Hall–Kier alpha value is -0.960. The Morgan fingerprint density at radius 3 is 2.75 bits per heavy atom. The fourth-order valence-electron chi connectivity index (χ4n) is 1.03. The molecule has 0 saturated carbocycles. The molecule has 3 N–H and O–H groups in total. The van der Waals surface area contributed by atoms with Crippen molar-refractivity contribution in [2.45, 2.75) is 17.9 Å². The molecule has 16 heavy (non-hydrogen) atoms. The van der Waals surface area contributed by atoms with Crippen molar-refractivity contribution in [1.82, 2.24) is 4.72 Å². The molecule has 1 rings (SSSR count). The first-order valence-electron chi connectivity index (χ1n) is 4.32. The van der Waals surface area contributed by atoms with E-state index < -0.39 is 22.0 Å². The van der Waals surface area contributed by atoms with Crippen molar-refractivity contribution in [1.29, 1.82) is 0 Å². The number of aliphatic hydroxyl groups is 1. The van der Waals surface area contributed by atoms with Crippen molar-refractivity contribution in [2.75, 3.05) is 6.61 Å². The minimum absolute atomic E-state index is 0.238. The summed E-state index contributed by atoms with van der Waals surface area (Å²) in [5, 5.41) is 18.9. The molecule has 0 aliphatic heterocycles. The molecule has 0 aliphatic carbocycles. The molecule has 90 valence electrons. The number of aromatic carboxylic acids is 1. The fraction of sp³-hybridized carbons (Fsp3) is 0.375. The molecular formula is C8H11NO5S2. The Labute approximate surface area is 96.6 Å². The van der Waals surface area contributed by atoms with Crippen LogP contribution in [0.15, 0.2) is 16.3 Å². The van der Waals surface area contributed by atoms with Crippen LogP contribution >= 0.6 is 11.3 Å².